The van der Waals surface area contributed by atoms with Crippen molar-refractivity contribution < 1.29 is 55.2 Å². The standard InChI is InChI=1S/C38H38F6N6O4/c1-5-7-17-49-21-19-47(3)35(49)33(51)45-25-9-15-31(29(23-25)37(39,40)41)53-27-11-13-28(14-12-27)54-32-16-10-26(24-30(32)38(42,43)44)46-34(52)36-48(4)20-22-50(36)18-8-6-2/h9-16,19-24H,5-8,17-18H2,1-4H3. The molecule has 5 aromatic rings. The summed E-state index contributed by atoms with van der Waals surface area (Å²) in [6.07, 6.45) is 0.304. The number of alkyl halides is 6. The van der Waals surface area contributed by atoms with Gasteiger partial charge < -0.3 is 19.7 Å². The maximum Gasteiger partial charge on any atom is 0.420 e. The molecule has 16 heteroatoms. The zero-order valence-electron chi connectivity index (χ0n) is 29.9. The number of aliphatic imine (C=N–C) groups is 2. The number of benzene rings is 3. The van der Waals surface area contributed by atoms with Gasteiger partial charge in [-0.05, 0) is 73.5 Å². The molecule has 5 rings (SSSR count). The number of unbranched alkanes of at least 4 members (excludes halogenated alkanes) is 2. The molecule has 0 spiro atoms. The fourth-order valence-corrected chi connectivity index (χ4v) is 5.57. The third-order valence-corrected chi connectivity index (χ3v) is 8.32. The number of hydrogen-bond donors (Lipinski definition) is 0. The van der Waals surface area contributed by atoms with Gasteiger partial charge in [0.25, 0.3) is 11.6 Å². The fourth-order valence-electron chi connectivity index (χ4n) is 5.57. The van der Waals surface area contributed by atoms with E-state index in [1.54, 1.807) is 57.2 Å². The van der Waals surface area contributed by atoms with E-state index >= 15 is 0 Å². The highest BCUT2D eigenvalue weighted by molar-refractivity contribution is 5.88. The summed E-state index contributed by atoms with van der Waals surface area (Å²) in [7, 11) is 3.28. The number of rotatable bonds is 14. The lowest BCUT2D eigenvalue weighted by atomic mass is 10.1. The van der Waals surface area contributed by atoms with Crippen LogP contribution in [0.5, 0.6) is 23.0 Å². The first kappa shape index (κ1) is 39.4. The van der Waals surface area contributed by atoms with Crippen LogP contribution in [0, 0.1) is 0 Å². The predicted octanol–water partition coefficient (Wildman–Crippen LogP) is 7.04. The Morgan fingerprint density at radius 2 is 1.00 bits per heavy atom. The van der Waals surface area contributed by atoms with Gasteiger partial charge in [-0.25, -0.2) is 18.3 Å². The Kier molecular flexibility index (Phi) is 12.0. The summed E-state index contributed by atoms with van der Waals surface area (Å²) in [6, 6.07) is 10.8. The van der Waals surface area contributed by atoms with E-state index in [9.17, 15) is 36.6 Å². The molecule has 0 fully saturated rings. The molecule has 0 radical (unpaired) electrons. The second kappa shape index (κ2) is 16.5. The molecule has 10 nitrogen and oxygen atoms in total. The number of aromatic nitrogens is 4. The highest BCUT2D eigenvalue weighted by Crippen LogP contribution is 2.42. The Morgan fingerprint density at radius 1 is 0.630 bits per heavy atom. The first-order valence-electron chi connectivity index (χ1n) is 17.1. The monoisotopic (exact) mass is 756 g/mol. The Balaban J connectivity index is 1.35. The van der Waals surface area contributed by atoms with Crippen molar-refractivity contribution in [3.63, 3.8) is 0 Å². The molecule has 0 amide bonds. The van der Waals surface area contributed by atoms with Crippen LogP contribution in [0.15, 0.2) is 95.4 Å². The molecule has 0 N–H and O–H groups in total. The number of aryl methyl sites for hydroxylation is 4. The molecule has 286 valence electrons. The van der Waals surface area contributed by atoms with Crippen molar-refractivity contribution in [1.29, 1.82) is 0 Å². The number of halogens is 6. The van der Waals surface area contributed by atoms with Crippen LogP contribution in [-0.2, 0) is 39.5 Å². The van der Waals surface area contributed by atoms with Crippen molar-refractivity contribution in [2.24, 2.45) is 24.1 Å². The van der Waals surface area contributed by atoms with Gasteiger partial charge in [0, 0.05) is 0 Å². The van der Waals surface area contributed by atoms with Crippen LogP contribution in [0.25, 0.3) is 0 Å². The first-order valence-corrected chi connectivity index (χ1v) is 17.1. The van der Waals surface area contributed by atoms with Gasteiger partial charge in [0.15, 0.2) is 0 Å². The predicted molar refractivity (Wildman–Crippen MR) is 183 cm³/mol. The fraction of sp³-hybridized carbons (Fsp3) is 0.316. The summed E-state index contributed by atoms with van der Waals surface area (Å²) in [6.45, 7) is 5.07. The minimum atomic E-state index is -4.88. The molecule has 0 unspecified atom stereocenters. The van der Waals surface area contributed by atoms with Crippen molar-refractivity contribution in [1.82, 2.24) is 9.13 Å². The highest BCUT2D eigenvalue weighted by Gasteiger charge is 2.36. The van der Waals surface area contributed by atoms with E-state index in [0.29, 0.717) is 25.2 Å². The molecular weight excluding hydrogens is 718 g/mol. The lowest BCUT2D eigenvalue weighted by molar-refractivity contribution is -0.674. The van der Waals surface area contributed by atoms with Gasteiger partial charge in [-0.1, -0.05) is 26.7 Å². The minimum Gasteiger partial charge on any atom is -0.853 e. The summed E-state index contributed by atoms with van der Waals surface area (Å²) in [5.74, 6) is -2.33. The van der Waals surface area contributed by atoms with E-state index in [1.807, 2.05) is 13.8 Å². The number of imidazole rings is 2. The van der Waals surface area contributed by atoms with Crippen LogP contribution in [0.3, 0.4) is 0 Å². The number of nitrogens with zero attached hydrogens (tertiary/aromatic N) is 6. The molecule has 2 heterocycles. The molecule has 3 aromatic carbocycles. The van der Waals surface area contributed by atoms with Crippen LogP contribution >= 0.6 is 0 Å². The van der Waals surface area contributed by atoms with Gasteiger partial charge in [-0.3, -0.25) is 9.98 Å². The van der Waals surface area contributed by atoms with Gasteiger partial charge in [0.1, 0.15) is 58.9 Å². The van der Waals surface area contributed by atoms with Crippen molar-refractivity contribution in [2.45, 2.75) is 65.0 Å². The van der Waals surface area contributed by atoms with E-state index in [4.69, 9.17) is 9.47 Å². The largest absolute Gasteiger partial charge is 0.853 e. The maximum atomic E-state index is 14.1. The lowest BCUT2D eigenvalue weighted by Crippen LogP contribution is -2.40. The Hall–Kier alpha value is -5.80. The molecule has 0 saturated heterocycles. The summed E-state index contributed by atoms with van der Waals surface area (Å²) >= 11 is 0. The molecule has 2 aromatic heterocycles. The summed E-state index contributed by atoms with van der Waals surface area (Å²) in [4.78, 5) is 7.84. The third-order valence-electron chi connectivity index (χ3n) is 8.32. The van der Waals surface area contributed by atoms with Gasteiger partial charge in [-0.2, -0.15) is 26.3 Å². The van der Waals surface area contributed by atoms with Gasteiger partial charge in [0.05, 0.1) is 50.4 Å². The van der Waals surface area contributed by atoms with Gasteiger partial charge in [-0.15, -0.1) is 0 Å². The van der Waals surface area contributed by atoms with E-state index in [1.165, 1.54) is 36.4 Å². The topological polar surface area (TPSA) is 107 Å². The Bertz CT molecular complexity index is 1980. The van der Waals surface area contributed by atoms with Crippen molar-refractivity contribution in [3.8, 4) is 23.0 Å². The molecular formula is C38H38F6N6O4. The van der Waals surface area contributed by atoms with E-state index in [-0.39, 0.29) is 34.5 Å². The van der Waals surface area contributed by atoms with E-state index < -0.39 is 46.8 Å². The maximum absolute atomic E-state index is 14.1. The first-order chi connectivity index (χ1) is 25.6. The van der Waals surface area contributed by atoms with E-state index in [2.05, 4.69) is 9.98 Å². The van der Waals surface area contributed by atoms with Crippen molar-refractivity contribution >= 4 is 23.2 Å². The lowest BCUT2D eigenvalue weighted by Gasteiger charge is -2.16. The van der Waals surface area contributed by atoms with Crippen LogP contribution in [0.2, 0.25) is 0 Å². The number of ether oxygens (including phenoxy) is 2. The zero-order chi connectivity index (χ0) is 39.2. The molecule has 0 atom stereocenters. The van der Waals surface area contributed by atoms with Crippen LogP contribution in [0.4, 0.5) is 37.7 Å². The van der Waals surface area contributed by atoms with Crippen LogP contribution < -0.4 is 28.8 Å². The summed E-state index contributed by atoms with van der Waals surface area (Å²) in [5.41, 5.74) is -2.84. The van der Waals surface area contributed by atoms with Crippen molar-refractivity contribution in [3.05, 3.63) is 108 Å². The Labute approximate surface area is 307 Å². The normalized spacial score (nSPS) is 12.7. The molecule has 0 aliphatic carbocycles. The zero-order valence-corrected chi connectivity index (χ0v) is 29.9. The third kappa shape index (κ3) is 9.40. The summed E-state index contributed by atoms with van der Waals surface area (Å²) in [5, 5.41) is 26.0. The smallest absolute Gasteiger partial charge is 0.420 e. The summed E-state index contributed by atoms with van der Waals surface area (Å²) < 4.78 is 102. The van der Waals surface area contributed by atoms with Crippen molar-refractivity contribution in [2.75, 3.05) is 0 Å². The van der Waals surface area contributed by atoms with Crippen LogP contribution in [-0.4, -0.2) is 20.9 Å². The second-order valence-electron chi connectivity index (χ2n) is 12.4. The quantitative estimate of drug-likeness (QED) is 0.0525. The SMILES string of the molecule is CCCCn1cc[n+](C)c1C([O-])=Nc1ccc(Oc2ccc(Oc3ccc(N=C([O-])c4n(CCCC)cc[n+]4C)cc3C(F)(F)F)cc2)c(C(F)(F)F)c1. The number of hydrogen-bond acceptors (Lipinski definition) is 6. The molecule has 54 heavy (non-hydrogen) atoms. The van der Waals surface area contributed by atoms with Crippen LogP contribution in [0.1, 0.15) is 62.3 Å². The molecule has 0 saturated carbocycles. The molecule has 0 bridgehead atoms. The molecule has 0 aliphatic rings. The second-order valence-corrected chi connectivity index (χ2v) is 12.4. The minimum absolute atomic E-state index is 0.0741. The van der Waals surface area contributed by atoms with Gasteiger partial charge in [0.2, 0.25) is 0 Å². The Morgan fingerprint density at radius 3 is 1.33 bits per heavy atom. The van der Waals surface area contributed by atoms with E-state index in [0.717, 1.165) is 37.8 Å². The average Bonchev–Trinajstić information content (AvgIpc) is 3.68. The average molecular weight is 757 g/mol. The van der Waals surface area contributed by atoms with Gasteiger partial charge >= 0.3 is 12.4 Å². The highest BCUT2D eigenvalue weighted by atomic mass is 19.4. The molecule has 0 aliphatic heterocycles.